The highest BCUT2D eigenvalue weighted by atomic mass is 79.9. The van der Waals surface area contributed by atoms with Gasteiger partial charge in [-0.25, -0.2) is 4.39 Å². The molecule has 1 aliphatic carbocycles. The van der Waals surface area contributed by atoms with Crippen molar-refractivity contribution in [1.29, 1.82) is 0 Å². The van der Waals surface area contributed by atoms with Gasteiger partial charge in [-0.3, -0.25) is 4.79 Å². The van der Waals surface area contributed by atoms with Crippen molar-refractivity contribution in [2.75, 3.05) is 6.54 Å². The molecule has 1 amide bonds. The minimum atomic E-state index is -0.374. The van der Waals surface area contributed by atoms with Crippen LogP contribution in [0.15, 0.2) is 22.7 Å². The van der Waals surface area contributed by atoms with Crippen LogP contribution in [0.25, 0.3) is 0 Å². The van der Waals surface area contributed by atoms with Gasteiger partial charge in [-0.15, -0.1) is 0 Å². The number of benzene rings is 1. The van der Waals surface area contributed by atoms with Gasteiger partial charge >= 0.3 is 0 Å². The molecule has 1 aliphatic rings. The summed E-state index contributed by atoms with van der Waals surface area (Å²) < 4.78 is 13.5. The summed E-state index contributed by atoms with van der Waals surface area (Å²) in [6.45, 7) is 2.56. The molecule has 0 spiro atoms. The second-order valence-electron chi connectivity index (χ2n) is 5.59. The summed E-state index contributed by atoms with van der Waals surface area (Å²) in [5.74, 6) is -0.208. The van der Waals surface area contributed by atoms with Crippen LogP contribution in [0.4, 0.5) is 4.39 Å². The van der Waals surface area contributed by atoms with Gasteiger partial charge in [-0.1, -0.05) is 19.8 Å². The molecule has 3 nitrogen and oxygen atoms in total. The quantitative estimate of drug-likeness (QED) is 0.885. The molecule has 1 aromatic carbocycles. The normalized spacial score (nSPS) is 26.3. The molecule has 0 radical (unpaired) electrons. The summed E-state index contributed by atoms with van der Waals surface area (Å²) in [5, 5.41) is 3.09. The number of carbonyl (C=O) groups excluding carboxylic acids is 1. The summed E-state index contributed by atoms with van der Waals surface area (Å²) in [6, 6.07) is 4.29. The van der Waals surface area contributed by atoms with Crippen LogP contribution in [0.2, 0.25) is 0 Å². The smallest absolute Gasteiger partial charge is 0.251 e. The van der Waals surface area contributed by atoms with Crippen molar-refractivity contribution >= 4 is 21.8 Å². The molecule has 1 saturated carbocycles. The highest BCUT2D eigenvalue weighted by Crippen LogP contribution is 2.33. The lowest BCUT2D eigenvalue weighted by molar-refractivity contribution is 0.0812. The Hall–Kier alpha value is -0.940. The topological polar surface area (TPSA) is 55.1 Å². The molecule has 2 atom stereocenters. The minimum Gasteiger partial charge on any atom is -0.345 e. The van der Waals surface area contributed by atoms with Crippen molar-refractivity contribution in [1.82, 2.24) is 5.32 Å². The van der Waals surface area contributed by atoms with E-state index in [0.29, 0.717) is 22.5 Å². The first-order valence-corrected chi connectivity index (χ1v) is 7.75. The maximum Gasteiger partial charge on any atom is 0.251 e. The van der Waals surface area contributed by atoms with E-state index in [1.165, 1.54) is 24.6 Å². The van der Waals surface area contributed by atoms with Gasteiger partial charge in [0, 0.05) is 12.1 Å². The molecule has 0 heterocycles. The Morgan fingerprint density at radius 1 is 1.55 bits per heavy atom. The second-order valence-corrected chi connectivity index (χ2v) is 6.44. The van der Waals surface area contributed by atoms with Gasteiger partial charge < -0.3 is 11.1 Å². The summed E-state index contributed by atoms with van der Waals surface area (Å²) in [5.41, 5.74) is 6.04. The molecule has 110 valence electrons. The first-order valence-electron chi connectivity index (χ1n) is 6.96. The molecule has 5 heteroatoms. The Morgan fingerprint density at radius 3 is 2.90 bits per heavy atom. The SMILES string of the molecule is CC1CCCCC1(CN)NC(=O)c1ccc(F)c(Br)c1. The Balaban J connectivity index is 2.18. The van der Waals surface area contributed by atoms with Crippen LogP contribution in [0, 0.1) is 11.7 Å². The molecule has 20 heavy (non-hydrogen) atoms. The number of nitrogens with two attached hydrogens (primary N) is 1. The van der Waals surface area contributed by atoms with E-state index in [1.807, 2.05) is 0 Å². The first kappa shape index (κ1) is 15.4. The van der Waals surface area contributed by atoms with E-state index in [9.17, 15) is 9.18 Å². The fourth-order valence-corrected chi connectivity index (χ4v) is 3.27. The number of halogens is 2. The van der Waals surface area contributed by atoms with Crippen molar-refractivity contribution in [2.24, 2.45) is 11.7 Å². The maximum absolute atomic E-state index is 13.2. The Kier molecular flexibility index (Phi) is 4.81. The van der Waals surface area contributed by atoms with Crippen LogP contribution < -0.4 is 11.1 Å². The number of carbonyl (C=O) groups is 1. The van der Waals surface area contributed by atoms with E-state index >= 15 is 0 Å². The van der Waals surface area contributed by atoms with E-state index in [0.717, 1.165) is 19.3 Å². The molecule has 2 rings (SSSR count). The first-order chi connectivity index (χ1) is 9.48. The van der Waals surface area contributed by atoms with Crippen LogP contribution in [0.3, 0.4) is 0 Å². The zero-order valence-corrected chi connectivity index (χ0v) is 13.2. The summed E-state index contributed by atoms with van der Waals surface area (Å²) in [4.78, 5) is 12.4. The third kappa shape index (κ3) is 3.04. The fourth-order valence-electron chi connectivity index (χ4n) is 2.89. The molecule has 3 N–H and O–H groups in total. The van der Waals surface area contributed by atoms with Crippen LogP contribution in [-0.2, 0) is 0 Å². The molecule has 1 aromatic rings. The van der Waals surface area contributed by atoms with Crippen LogP contribution in [0.1, 0.15) is 43.0 Å². The van der Waals surface area contributed by atoms with E-state index < -0.39 is 0 Å². The Bertz CT molecular complexity index is 509. The van der Waals surface area contributed by atoms with Crippen molar-refractivity contribution in [3.8, 4) is 0 Å². The van der Waals surface area contributed by atoms with Crippen LogP contribution in [0.5, 0.6) is 0 Å². The van der Waals surface area contributed by atoms with E-state index in [1.54, 1.807) is 0 Å². The molecular formula is C15H20BrFN2O. The van der Waals surface area contributed by atoms with Gasteiger partial charge in [0.15, 0.2) is 0 Å². The number of hydrogen-bond acceptors (Lipinski definition) is 2. The van der Waals surface area contributed by atoms with Gasteiger partial charge in [0.25, 0.3) is 5.91 Å². The van der Waals surface area contributed by atoms with Gasteiger partial charge in [-0.2, -0.15) is 0 Å². The lowest BCUT2D eigenvalue weighted by Crippen LogP contribution is -2.59. The van der Waals surface area contributed by atoms with E-state index in [-0.39, 0.29) is 17.3 Å². The van der Waals surface area contributed by atoms with Gasteiger partial charge in [-0.05, 0) is 52.9 Å². The highest BCUT2D eigenvalue weighted by molar-refractivity contribution is 9.10. The molecule has 0 aromatic heterocycles. The average molecular weight is 343 g/mol. The lowest BCUT2D eigenvalue weighted by atomic mass is 9.73. The van der Waals surface area contributed by atoms with Crippen molar-refractivity contribution in [3.63, 3.8) is 0 Å². The fraction of sp³-hybridized carbons (Fsp3) is 0.533. The molecule has 1 fully saturated rings. The largest absolute Gasteiger partial charge is 0.345 e. The molecule has 0 bridgehead atoms. The van der Waals surface area contributed by atoms with E-state index in [2.05, 4.69) is 28.2 Å². The zero-order valence-electron chi connectivity index (χ0n) is 11.6. The van der Waals surface area contributed by atoms with Crippen molar-refractivity contribution in [2.45, 2.75) is 38.1 Å². The molecule has 2 unspecified atom stereocenters. The minimum absolute atomic E-state index is 0.190. The zero-order chi connectivity index (χ0) is 14.8. The van der Waals surface area contributed by atoms with Crippen molar-refractivity contribution in [3.05, 3.63) is 34.1 Å². The molecule has 0 aliphatic heterocycles. The maximum atomic E-state index is 13.2. The highest BCUT2D eigenvalue weighted by Gasteiger charge is 2.38. The lowest BCUT2D eigenvalue weighted by Gasteiger charge is -2.42. The van der Waals surface area contributed by atoms with Crippen LogP contribution in [-0.4, -0.2) is 18.0 Å². The number of rotatable bonds is 3. The molecule has 0 saturated heterocycles. The number of nitrogens with one attached hydrogen (secondary N) is 1. The van der Waals surface area contributed by atoms with Gasteiger partial charge in [0.1, 0.15) is 5.82 Å². The Morgan fingerprint density at radius 2 is 2.30 bits per heavy atom. The third-order valence-corrected chi connectivity index (χ3v) is 4.97. The number of amides is 1. The Labute approximate surface area is 127 Å². The van der Waals surface area contributed by atoms with Gasteiger partial charge in [0.05, 0.1) is 10.0 Å². The van der Waals surface area contributed by atoms with Gasteiger partial charge in [0.2, 0.25) is 0 Å². The third-order valence-electron chi connectivity index (χ3n) is 4.36. The standard InChI is InChI=1S/C15H20BrFN2O/c1-10-4-2-3-7-15(10,9-18)19-14(20)11-5-6-13(17)12(16)8-11/h5-6,8,10H,2-4,7,9,18H2,1H3,(H,19,20). The summed E-state index contributed by atoms with van der Waals surface area (Å²) in [7, 11) is 0. The predicted octanol–water partition coefficient (Wildman–Crippen LogP) is 3.23. The predicted molar refractivity (Wildman–Crippen MR) is 81.0 cm³/mol. The monoisotopic (exact) mass is 342 g/mol. The summed E-state index contributed by atoms with van der Waals surface area (Å²) in [6.07, 6.45) is 4.24. The van der Waals surface area contributed by atoms with Crippen LogP contribution >= 0.6 is 15.9 Å². The van der Waals surface area contributed by atoms with Crippen molar-refractivity contribution < 1.29 is 9.18 Å². The average Bonchev–Trinajstić information content (AvgIpc) is 2.44. The van der Waals surface area contributed by atoms with E-state index in [4.69, 9.17) is 5.73 Å². The number of hydrogen-bond donors (Lipinski definition) is 2. The summed E-state index contributed by atoms with van der Waals surface area (Å²) >= 11 is 3.10. The molecular weight excluding hydrogens is 323 g/mol. The second kappa shape index (κ2) is 6.22.